The van der Waals surface area contributed by atoms with Gasteiger partial charge in [-0.3, -0.25) is 4.79 Å². The zero-order valence-corrected chi connectivity index (χ0v) is 17.2. The summed E-state index contributed by atoms with van der Waals surface area (Å²) in [6, 6.07) is 14.6. The van der Waals surface area contributed by atoms with E-state index in [0.29, 0.717) is 12.1 Å². The van der Waals surface area contributed by atoms with Crippen molar-refractivity contribution in [3.63, 3.8) is 0 Å². The van der Waals surface area contributed by atoms with Crippen molar-refractivity contribution in [2.45, 2.75) is 19.8 Å². The van der Waals surface area contributed by atoms with Gasteiger partial charge >= 0.3 is 0 Å². The molecule has 7 nitrogen and oxygen atoms in total. The van der Waals surface area contributed by atoms with E-state index in [0.717, 1.165) is 46.3 Å². The highest BCUT2D eigenvalue weighted by Gasteiger charge is 2.08. The Morgan fingerprint density at radius 3 is 2.81 bits per heavy atom. The number of H-pyrrole nitrogens is 1. The third-order valence-corrected chi connectivity index (χ3v) is 5.31. The third kappa shape index (κ3) is 4.02. The lowest BCUT2D eigenvalue weighted by Gasteiger charge is -2.07. The summed E-state index contributed by atoms with van der Waals surface area (Å²) >= 11 is 0. The fraction of sp³-hybridized carbons (Fsp3) is 0.167. The van der Waals surface area contributed by atoms with Crippen molar-refractivity contribution in [3.05, 3.63) is 84.1 Å². The van der Waals surface area contributed by atoms with Crippen LogP contribution in [0.2, 0.25) is 0 Å². The molecule has 0 aliphatic rings. The van der Waals surface area contributed by atoms with E-state index in [-0.39, 0.29) is 5.91 Å². The van der Waals surface area contributed by atoms with Gasteiger partial charge < -0.3 is 10.3 Å². The topological polar surface area (TPSA) is 88.0 Å². The summed E-state index contributed by atoms with van der Waals surface area (Å²) in [6.07, 6.45) is 8.84. The van der Waals surface area contributed by atoms with Crippen molar-refractivity contribution in [3.8, 4) is 11.1 Å². The molecule has 0 atom stereocenters. The maximum Gasteiger partial charge on any atom is 0.254 e. The molecule has 0 radical (unpaired) electrons. The number of hydrogen-bond donors (Lipinski definition) is 2. The summed E-state index contributed by atoms with van der Waals surface area (Å²) in [7, 11) is 0. The zero-order chi connectivity index (χ0) is 21.2. The summed E-state index contributed by atoms with van der Waals surface area (Å²) in [5.41, 5.74) is 6.50. The number of carbonyl (C=O) groups is 1. The minimum atomic E-state index is -0.134. The van der Waals surface area contributed by atoms with Gasteiger partial charge in [-0.15, -0.1) is 0 Å². The van der Waals surface area contributed by atoms with Gasteiger partial charge in [-0.25, -0.2) is 14.5 Å². The van der Waals surface area contributed by atoms with E-state index in [9.17, 15) is 4.79 Å². The van der Waals surface area contributed by atoms with Gasteiger partial charge in [0.05, 0.1) is 11.3 Å². The smallest absolute Gasteiger partial charge is 0.254 e. The summed E-state index contributed by atoms with van der Waals surface area (Å²) < 4.78 is 1.63. The average Bonchev–Trinajstić information content (AvgIpc) is 3.41. The largest absolute Gasteiger partial charge is 0.352 e. The molecule has 1 aromatic carbocycles. The lowest BCUT2D eigenvalue weighted by Crippen LogP contribution is -2.25. The fourth-order valence-corrected chi connectivity index (χ4v) is 3.67. The highest BCUT2D eigenvalue weighted by Crippen LogP contribution is 2.23. The molecule has 1 amide bonds. The standard InChI is InChI=1S/C24H22N6O/c1-16-11-22-27-14-21(15-30(22)29-16)24(31)26-9-2-3-17-4-6-18(7-5-17)20-12-19-8-10-25-23(19)28-13-20/h4-8,10-15H,2-3,9H2,1H3,(H,25,28)(H,26,31). The number of aryl methyl sites for hydroxylation is 2. The van der Waals surface area contributed by atoms with Crippen LogP contribution in [0.5, 0.6) is 0 Å². The van der Waals surface area contributed by atoms with E-state index < -0.39 is 0 Å². The van der Waals surface area contributed by atoms with Crippen molar-refractivity contribution < 1.29 is 4.79 Å². The number of benzene rings is 1. The molecule has 154 valence electrons. The lowest BCUT2D eigenvalue weighted by molar-refractivity contribution is 0.0952. The van der Waals surface area contributed by atoms with Crippen LogP contribution in [-0.2, 0) is 6.42 Å². The Morgan fingerprint density at radius 1 is 1.06 bits per heavy atom. The number of fused-ring (bicyclic) bond motifs is 2. The van der Waals surface area contributed by atoms with Gasteiger partial charge in [-0.2, -0.15) is 5.10 Å². The average molecular weight is 410 g/mol. The minimum absolute atomic E-state index is 0.134. The van der Waals surface area contributed by atoms with Crippen molar-refractivity contribution in [2.24, 2.45) is 0 Å². The molecule has 0 fully saturated rings. The Morgan fingerprint density at radius 2 is 1.94 bits per heavy atom. The molecular weight excluding hydrogens is 388 g/mol. The van der Waals surface area contributed by atoms with Crippen molar-refractivity contribution in [1.29, 1.82) is 0 Å². The first kappa shape index (κ1) is 19.0. The number of amides is 1. The summed E-state index contributed by atoms with van der Waals surface area (Å²) in [5.74, 6) is -0.134. The number of aromatic amines is 1. The molecule has 0 spiro atoms. The summed E-state index contributed by atoms with van der Waals surface area (Å²) in [4.78, 5) is 24.2. The second-order valence-corrected chi connectivity index (χ2v) is 7.63. The van der Waals surface area contributed by atoms with Gasteiger partial charge in [0.15, 0.2) is 5.65 Å². The number of aromatic nitrogens is 5. The first-order chi connectivity index (χ1) is 15.2. The number of pyridine rings is 1. The number of nitrogens with zero attached hydrogens (tertiary/aromatic N) is 4. The van der Waals surface area contributed by atoms with E-state index in [1.54, 1.807) is 16.9 Å². The van der Waals surface area contributed by atoms with Crippen LogP contribution >= 0.6 is 0 Å². The van der Waals surface area contributed by atoms with E-state index in [4.69, 9.17) is 0 Å². The SMILES string of the molecule is Cc1cc2ncc(C(=O)NCCCc3ccc(-c4cnc5[nH]ccc5c4)cc3)cn2n1. The van der Waals surface area contributed by atoms with E-state index in [2.05, 4.69) is 55.7 Å². The second-order valence-electron chi connectivity index (χ2n) is 7.63. The molecule has 4 aromatic heterocycles. The van der Waals surface area contributed by atoms with E-state index in [1.807, 2.05) is 31.5 Å². The third-order valence-electron chi connectivity index (χ3n) is 5.31. The molecule has 31 heavy (non-hydrogen) atoms. The molecule has 7 heteroatoms. The highest BCUT2D eigenvalue weighted by atomic mass is 16.1. The van der Waals surface area contributed by atoms with Crippen molar-refractivity contribution in [1.82, 2.24) is 29.9 Å². The highest BCUT2D eigenvalue weighted by molar-refractivity contribution is 5.93. The maximum atomic E-state index is 12.4. The molecule has 0 saturated carbocycles. The lowest BCUT2D eigenvalue weighted by atomic mass is 10.0. The van der Waals surface area contributed by atoms with Gasteiger partial charge in [0, 0.05) is 48.3 Å². The van der Waals surface area contributed by atoms with Crippen LogP contribution in [0.15, 0.2) is 67.3 Å². The van der Waals surface area contributed by atoms with E-state index in [1.165, 1.54) is 5.56 Å². The summed E-state index contributed by atoms with van der Waals surface area (Å²) in [5, 5.41) is 8.37. The molecule has 5 rings (SSSR count). The Hall–Kier alpha value is -4.00. The summed E-state index contributed by atoms with van der Waals surface area (Å²) in [6.45, 7) is 2.50. The number of rotatable bonds is 6. The second kappa shape index (κ2) is 8.02. The molecule has 0 aliphatic heterocycles. The normalized spacial score (nSPS) is 11.3. The Bertz CT molecular complexity index is 1370. The van der Waals surface area contributed by atoms with Gasteiger partial charge in [0.25, 0.3) is 5.91 Å². The first-order valence-corrected chi connectivity index (χ1v) is 10.3. The van der Waals surface area contributed by atoms with Crippen LogP contribution in [-0.4, -0.2) is 37.0 Å². The predicted molar refractivity (Wildman–Crippen MR) is 120 cm³/mol. The molecule has 5 aromatic rings. The Kier molecular flexibility index (Phi) is 4.92. The molecule has 2 N–H and O–H groups in total. The van der Waals surface area contributed by atoms with Crippen molar-refractivity contribution in [2.75, 3.05) is 6.54 Å². The monoisotopic (exact) mass is 410 g/mol. The predicted octanol–water partition coefficient (Wildman–Crippen LogP) is 3.94. The van der Waals surface area contributed by atoms with E-state index >= 15 is 0 Å². The molecule has 0 bridgehead atoms. The van der Waals surface area contributed by atoms with Crippen molar-refractivity contribution >= 4 is 22.6 Å². The first-order valence-electron chi connectivity index (χ1n) is 10.3. The van der Waals surface area contributed by atoms with Crippen LogP contribution in [0.25, 0.3) is 27.8 Å². The molecule has 4 heterocycles. The van der Waals surface area contributed by atoms with Crippen LogP contribution in [0.3, 0.4) is 0 Å². The molecule has 0 unspecified atom stereocenters. The Labute approximate surface area is 179 Å². The zero-order valence-electron chi connectivity index (χ0n) is 17.2. The number of carbonyl (C=O) groups excluding carboxylic acids is 1. The van der Waals surface area contributed by atoms with Crippen LogP contribution < -0.4 is 5.32 Å². The fourth-order valence-electron chi connectivity index (χ4n) is 3.67. The van der Waals surface area contributed by atoms with Crippen LogP contribution in [0, 0.1) is 6.92 Å². The van der Waals surface area contributed by atoms with Gasteiger partial charge in [-0.05, 0) is 43.0 Å². The van der Waals surface area contributed by atoms with Gasteiger partial charge in [0.2, 0.25) is 0 Å². The molecular formula is C24H22N6O. The Balaban J connectivity index is 1.15. The molecule has 0 saturated heterocycles. The van der Waals surface area contributed by atoms with Crippen LogP contribution in [0.1, 0.15) is 28.0 Å². The minimum Gasteiger partial charge on any atom is -0.352 e. The van der Waals surface area contributed by atoms with Crippen LogP contribution in [0.4, 0.5) is 0 Å². The number of nitrogens with one attached hydrogen (secondary N) is 2. The van der Waals surface area contributed by atoms with Gasteiger partial charge in [0.1, 0.15) is 5.65 Å². The maximum absolute atomic E-state index is 12.4. The number of hydrogen-bond acceptors (Lipinski definition) is 4. The van der Waals surface area contributed by atoms with Gasteiger partial charge in [-0.1, -0.05) is 24.3 Å². The molecule has 0 aliphatic carbocycles. The quantitative estimate of drug-likeness (QED) is 0.415.